The van der Waals surface area contributed by atoms with Crippen LogP contribution in [0.4, 0.5) is 0 Å². The maximum Gasteiger partial charge on any atom is 0.149 e. The average molecular weight is 355 g/mol. The maximum atomic E-state index is 6.27. The van der Waals surface area contributed by atoms with Crippen LogP contribution in [0.1, 0.15) is 18.1 Å². The van der Waals surface area contributed by atoms with Gasteiger partial charge in [-0.2, -0.15) is 0 Å². The van der Waals surface area contributed by atoms with Crippen LogP contribution in [-0.4, -0.2) is 6.04 Å². The van der Waals surface area contributed by atoms with E-state index in [4.69, 9.17) is 22.1 Å². The zero-order chi connectivity index (χ0) is 14.7. The van der Waals surface area contributed by atoms with E-state index in [0.717, 1.165) is 27.8 Å². The first-order chi connectivity index (χ1) is 9.47. The summed E-state index contributed by atoms with van der Waals surface area (Å²) in [6.45, 7) is 3.97. The lowest BCUT2D eigenvalue weighted by molar-refractivity contribution is 0.470. The van der Waals surface area contributed by atoms with Gasteiger partial charge in [0.25, 0.3) is 0 Å². The van der Waals surface area contributed by atoms with Gasteiger partial charge in [-0.1, -0.05) is 39.7 Å². The molecular weight excluding hydrogens is 338 g/mol. The Balaban J connectivity index is 2.37. The number of hydrogen-bond acceptors (Lipinski definition) is 2. The van der Waals surface area contributed by atoms with Gasteiger partial charge in [0.2, 0.25) is 0 Å². The molecule has 2 aromatic carbocycles. The summed E-state index contributed by atoms with van der Waals surface area (Å²) in [5.41, 5.74) is 7.95. The van der Waals surface area contributed by atoms with Crippen LogP contribution >= 0.6 is 27.5 Å². The van der Waals surface area contributed by atoms with Crippen molar-refractivity contribution in [2.75, 3.05) is 0 Å². The third-order valence-corrected chi connectivity index (χ3v) is 3.73. The summed E-state index contributed by atoms with van der Waals surface area (Å²) >= 11 is 9.72. The van der Waals surface area contributed by atoms with Crippen molar-refractivity contribution in [2.45, 2.75) is 26.3 Å². The predicted molar refractivity (Wildman–Crippen MR) is 87.8 cm³/mol. The fraction of sp³-hybridized carbons (Fsp3) is 0.250. The Morgan fingerprint density at radius 2 is 2.05 bits per heavy atom. The number of nitrogens with two attached hydrogens (primary N) is 1. The van der Waals surface area contributed by atoms with Gasteiger partial charge in [-0.3, -0.25) is 0 Å². The van der Waals surface area contributed by atoms with Crippen molar-refractivity contribution in [2.24, 2.45) is 5.73 Å². The Morgan fingerprint density at radius 1 is 1.30 bits per heavy atom. The lowest BCUT2D eigenvalue weighted by Crippen LogP contribution is -2.18. The second kappa shape index (κ2) is 6.61. The van der Waals surface area contributed by atoms with Crippen molar-refractivity contribution in [1.29, 1.82) is 0 Å². The quantitative estimate of drug-likeness (QED) is 0.829. The smallest absolute Gasteiger partial charge is 0.149 e. The molecule has 2 nitrogen and oxygen atoms in total. The van der Waals surface area contributed by atoms with Crippen molar-refractivity contribution in [3.05, 3.63) is 57.0 Å². The minimum Gasteiger partial charge on any atom is -0.455 e. The Hall–Kier alpha value is -1.03. The minimum absolute atomic E-state index is 0.0573. The molecule has 2 rings (SSSR count). The van der Waals surface area contributed by atoms with E-state index in [1.54, 1.807) is 0 Å². The number of ether oxygens (including phenoxy) is 1. The maximum absolute atomic E-state index is 6.27. The van der Waals surface area contributed by atoms with E-state index >= 15 is 0 Å². The van der Waals surface area contributed by atoms with Gasteiger partial charge in [0.05, 0.1) is 5.02 Å². The van der Waals surface area contributed by atoms with Crippen LogP contribution < -0.4 is 10.5 Å². The Labute approximate surface area is 133 Å². The molecule has 0 bridgehead atoms. The summed E-state index contributed by atoms with van der Waals surface area (Å²) < 4.78 is 7.04. The molecule has 0 aromatic heterocycles. The van der Waals surface area contributed by atoms with Crippen molar-refractivity contribution in [1.82, 2.24) is 0 Å². The molecule has 0 radical (unpaired) electrons. The van der Waals surface area contributed by atoms with Crippen molar-refractivity contribution < 1.29 is 4.74 Å². The summed E-state index contributed by atoms with van der Waals surface area (Å²) in [6, 6.07) is 11.7. The zero-order valence-electron chi connectivity index (χ0n) is 11.5. The van der Waals surface area contributed by atoms with Crippen molar-refractivity contribution in [3.63, 3.8) is 0 Å². The van der Waals surface area contributed by atoms with Gasteiger partial charge in [-0.25, -0.2) is 0 Å². The van der Waals surface area contributed by atoms with E-state index in [-0.39, 0.29) is 6.04 Å². The summed E-state index contributed by atoms with van der Waals surface area (Å²) in [5, 5.41) is 0.602. The van der Waals surface area contributed by atoms with Crippen LogP contribution in [0.5, 0.6) is 11.5 Å². The molecule has 2 aromatic rings. The third-order valence-electron chi connectivity index (χ3n) is 2.94. The highest BCUT2D eigenvalue weighted by molar-refractivity contribution is 9.10. The number of halogens is 2. The second-order valence-electron chi connectivity index (χ2n) is 4.92. The second-order valence-corrected chi connectivity index (χ2v) is 6.24. The van der Waals surface area contributed by atoms with Crippen LogP contribution in [-0.2, 0) is 6.42 Å². The number of aryl methyl sites for hydroxylation is 1. The topological polar surface area (TPSA) is 35.2 Å². The van der Waals surface area contributed by atoms with Gasteiger partial charge in [-0.05, 0) is 55.7 Å². The fourth-order valence-electron chi connectivity index (χ4n) is 2.01. The molecule has 0 spiro atoms. The largest absolute Gasteiger partial charge is 0.455 e. The van der Waals surface area contributed by atoms with Gasteiger partial charge in [0, 0.05) is 10.5 Å². The molecule has 0 aliphatic rings. The van der Waals surface area contributed by atoms with E-state index in [1.807, 2.05) is 50.2 Å². The summed E-state index contributed by atoms with van der Waals surface area (Å²) in [6.07, 6.45) is 0.728. The highest BCUT2D eigenvalue weighted by Gasteiger charge is 2.12. The zero-order valence-corrected chi connectivity index (χ0v) is 13.8. The molecule has 106 valence electrons. The highest BCUT2D eigenvalue weighted by atomic mass is 79.9. The fourth-order valence-corrected chi connectivity index (χ4v) is 2.72. The molecule has 4 heteroatoms. The van der Waals surface area contributed by atoms with Gasteiger partial charge in [0.15, 0.2) is 0 Å². The molecule has 0 aliphatic carbocycles. The van der Waals surface area contributed by atoms with E-state index in [2.05, 4.69) is 15.9 Å². The third kappa shape index (κ3) is 3.75. The molecule has 0 saturated heterocycles. The van der Waals surface area contributed by atoms with Crippen molar-refractivity contribution in [3.8, 4) is 11.5 Å². The molecule has 0 saturated carbocycles. The molecule has 1 unspecified atom stereocenters. The van der Waals surface area contributed by atoms with Crippen LogP contribution in [0.3, 0.4) is 0 Å². The molecular formula is C16H17BrClNO. The molecule has 20 heavy (non-hydrogen) atoms. The minimum atomic E-state index is 0.0573. The number of benzene rings is 2. The molecule has 0 heterocycles. The van der Waals surface area contributed by atoms with E-state index in [1.165, 1.54) is 0 Å². The molecule has 1 atom stereocenters. The van der Waals surface area contributed by atoms with Crippen LogP contribution in [0, 0.1) is 6.92 Å². The molecule has 0 amide bonds. The first-order valence-electron chi connectivity index (χ1n) is 6.44. The summed E-state index contributed by atoms with van der Waals surface area (Å²) in [7, 11) is 0. The average Bonchev–Trinajstić information content (AvgIpc) is 2.35. The van der Waals surface area contributed by atoms with Crippen LogP contribution in [0.25, 0.3) is 0 Å². The van der Waals surface area contributed by atoms with Gasteiger partial charge in [0.1, 0.15) is 11.5 Å². The van der Waals surface area contributed by atoms with E-state index < -0.39 is 0 Å². The SMILES string of the molecule is Cc1cc(Br)ccc1Oc1c(Cl)cccc1CC(C)N. The molecule has 0 aliphatic heterocycles. The first kappa shape index (κ1) is 15.4. The number of hydrogen-bond donors (Lipinski definition) is 1. The van der Waals surface area contributed by atoms with Gasteiger partial charge < -0.3 is 10.5 Å². The lowest BCUT2D eigenvalue weighted by atomic mass is 10.1. The summed E-state index contributed by atoms with van der Waals surface area (Å²) in [5.74, 6) is 1.49. The lowest BCUT2D eigenvalue weighted by Gasteiger charge is -2.15. The van der Waals surface area contributed by atoms with Gasteiger partial charge >= 0.3 is 0 Å². The van der Waals surface area contributed by atoms with Gasteiger partial charge in [-0.15, -0.1) is 0 Å². The normalized spacial score (nSPS) is 12.2. The van der Waals surface area contributed by atoms with Crippen molar-refractivity contribution >= 4 is 27.5 Å². The van der Waals surface area contributed by atoms with Crippen LogP contribution in [0.15, 0.2) is 40.9 Å². The monoisotopic (exact) mass is 353 g/mol. The molecule has 2 N–H and O–H groups in total. The summed E-state index contributed by atoms with van der Waals surface area (Å²) in [4.78, 5) is 0. The highest BCUT2D eigenvalue weighted by Crippen LogP contribution is 2.35. The molecule has 0 fully saturated rings. The predicted octanol–water partition coefficient (Wildman–Crippen LogP) is 5.09. The Bertz CT molecular complexity index is 613. The van der Waals surface area contributed by atoms with E-state index in [9.17, 15) is 0 Å². The first-order valence-corrected chi connectivity index (χ1v) is 7.61. The number of rotatable bonds is 4. The van der Waals surface area contributed by atoms with E-state index in [0.29, 0.717) is 10.8 Å². The standard InChI is InChI=1S/C16H17BrClNO/c1-10-8-13(17)6-7-15(10)20-16-12(9-11(2)19)4-3-5-14(16)18/h3-8,11H,9,19H2,1-2H3. The Morgan fingerprint density at radius 3 is 2.70 bits per heavy atom. The number of para-hydroxylation sites is 1. The van der Waals surface area contributed by atoms with Crippen LogP contribution in [0.2, 0.25) is 5.02 Å². The Kier molecular flexibility index (Phi) is 5.08.